The van der Waals surface area contributed by atoms with E-state index in [1.165, 1.54) is 56.7 Å². The molecule has 156 valence electrons. The molecule has 0 amide bonds. The fourth-order valence-electron chi connectivity index (χ4n) is 2.63. The topological polar surface area (TPSA) is 96.2 Å². The molecule has 0 fully saturated rings. The highest BCUT2D eigenvalue weighted by atomic mass is 19.1. The molecule has 0 aliphatic carbocycles. The predicted molar refractivity (Wildman–Crippen MR) is 108 cm³/mol. The largest absolute Gasteiger partial charge is 0.497 e. The molecule has 0 atom stereocenters. The Kier molecular flexibility index (Phi) is 7.91. The molecule has 3 rings (SSSR count). The number of methoxy groups -OCH3 is 2. The molecule has 0 heterocycles. The maximum Gasteiger partial charge on any atom is 0.492 e. The first-order valence-electron chi connectivity index (χ1n) is 8.63. The molecule has 0 aromatic heterocycles. The van der Waals surface area contributed by atoms with Gasteiger partial charge in [0.1, 0.15) is 23.1 Å². The van der Waals surface area contributed by atoms with E-state index in [4.69, 9.17) is 24.6 Å². The molecule has 3 aromatic carbocycles. The van der Waals surface area contributed by atoms with Crippen LogP contribution in [-0.2, 0) is 0 Å². The number of hydrogen-bond donors (Lipinski definition) is 3. The fraction of sp³-hybridized carbons (Fsp3) is 0.0952. The van der Waals surface area contributed by atoms with Gasteiger partial charge in [0.2, 0.25) is 0 Å². The van der Waals surface area contributed by atoms with Gasteiger partial charge in [0.15, 0.2) is 0 Å². The molecule has 6 nitrogen and oxygen atoms in total. The van der Waals surface area contributed by atoms with Crippen LogP contribution in [0.4, 0.5) is 8.78 Å². The summed E-state index contributed by atoms with van der Waals surface area (Å²) in [4.78, 5) is 10.9. The summed E-state index contributed by atoms with van der Waals surface area (Å²) in [5.74, 6) is -1.19. The number of aromatic carboxylic acids is 1. The molecule has 3 aromatic rings. The number of hydrogen-bond acceptors (Lipinski definition) is 5. The SMILES string of the molecule is COc1ccc(F)cc1-c1cccc(C(=O)O)c1.COc1ccc(F)cc1B(O)O. The van der Waals surface area contributed by atoms with E-state index in [-0.39, 0.29) is 16.8 Å². The zero-order chi connectivity index (χ0) is 22.3. The summed E-state index contributed by atoms with van der Waals surface area (Å²) in [5.41, 5.74) is 1.31. The molecular weight excluding hydrogens is 397 g/mol. The zero-order valence-electron chi connectivity index (χ0n) is 16.2. The molecule has 3 N–H and O–H groups in total. The van der Waals surface area contributed by atoms with Crippen LogP contribution in [0.5, 0.6) is 11.5 Å². The lowest BCUT2D eigenvalue weighted by molar-refractivity contribution is 0.0697. The van der Waals surface area contributed by atoms with Crippen molar-refractivity contribution in [2.75, 3.05) is 14.2 Å². The zero-order valence-corrected chi connectivity index (χ0v) is 16.2. The fourth-order valence-corrected chi connectivity index (χ4v) is 2.63. The molecule has 0 saturated carbocycles. The number of ether oxygens (including phenoxy) is 2. The van der Waals surface area contributed by atoms with Gasteiger partial charge in [-0.2, -0.15) is 0 Å². The van der Waals surface area contributed by atoms with Crippen molar-refractivity contribution in [3.63, 3.8) is 0 Å². The van der Waals surface area contributed by atoms with Crippen LogP contribution in [0.2, 0.25) is 0 Å². The van der Waals surface area contributed by atoms with Crippen LogP contribution >= 0.6 is 0 Å². The Balaban J connectivity index is 0.000000232. The highest BCUT2D eigenvalue weighted by Crippen LogP contribution is 2.31. The standard InChI is InChI=1S/C14H11FO3.C7H8BFO3/c1-18-13-6-5-11(15)8-12(13)9-3-2-4-10(7-9)14(16)17;1-12-7-3-2-5(9)4-6(7)8(10)11/h2-8H,1H3,(H,16,17);2-4,10-11H,1H3. The second-order valence-electron chi connectivity index (χ2n) is 5.99. The van der Waals surface area contributed by atoms with Gasteiger partial charge in [-0.05, 0) is 54.1 Å². The smallest absolute Gasteiger partial charge is 0.492 e. The highest BCUT2D eigenvalue weighted by molar-refractivity contribution is 6.59. The minimum atomic E-state index is -1.71. The minimum Gasteiger partial charge on any atom is -0.497 e. The minimum absolute atomic E-state index is 0.0255. The van der Waals surface area contributed by atoms with Gasteiger partial charge >= 0.3 is 13.1 Å². The third-order valence-electron chi connectivity index (χ3n) is 4.05. The third-order valence-corrected chi connectivity index (χ3v) is 4.05. The highest BCUT2D eigenvalue weighted by Gasteiger charge is 2.17. The van der Waals surface area contributed by atoms with Gasteiger partial charge in [0.05, 0.1) is 19.8 Å². The average molecular weight is 416 g/mol. The quantitative estimate of drug-likeness (QED) is 0.554. The van der Waals surface area contributed by atoms with E-state index in [1.54, 1.807) is 12.1 Å². The molecule has 0 radical (unpaired) electrons. The Morgan fingerprint density at radius 1 is 0.867 bits per heavy atom. The van der Waals surface area contributed by atoms with E-state index in [1.807, 2.05) is 0 Å². The summed E-state index contributed by atoms with van der Waals surface area (Å²) in [7, 11) is 1.15. The van der Waals surface area contributed by atoms with Gasteiger partial charge in [-0.3, -0.25) is 0 Å². The van der Waals surface area contributed by atoms with Crippen molar-refractivity contribution in [2.24, 2.45) is 0 Å². The van der Waals surface area contributed by atoms with Crippen molar-refractivity contribution in [3.05, 3.63) is 77.9 Å². The van der Waals surface area contributed by atoms with Crippen LogP contribution in [0, 0.1) is 11.6 Å². The first-order valence-corrected chi connectivity index (χ1v) is 8.63. The summed E-state index contributed by atoms with van der Waals surface area (Å²) in [6.45, 7) is 0. The molecule has 0 unspecified atom stereocenters. The van der Waals surface area contributed by atoms with Crippen molar-refractivity contribution in [1.29, 1.82) is 0 Å². The van der Waals surface area contributed by atoms with Gasteiger partial charge in [0.25, 0.3) is 0 Å². The average Bonchev–Trinajstić information content (AvgIpc) is 2.74. The van der Waals surface area contributed by atoms with Crippen LogP contribution < -0.4 is 14.9 Å². The van der Waals surface area contributed by atoms with Crippen LogP contribution in [0.1, 0.15) is 10.4 Å². The Morgan fingerprint density at radius 3 is 2.03 bits per heavy atom. The Bertz CT molecular complexity index is 1030. The summed E-state index contributed by atoms with van der Waals surface area (Å²) in [6, 6.07) is 14.0. The normalized spacial score (nSPS) is 9.93. The lowest BCUT2D eigenvalue weighted by Crippen LogP contribution is -2.31. The summed E-state index contributed by atoms with van der Waals surface area (Å²) in [5, 5.41) is 26.5. The molecule has 9 heteroatoms. The number of benzene rings is 3. The van der Waals surface area contributed by atoms with Crippen LogP contribution in [0.25, 0.3) is 11.1 Å². The summed E-state index contributed by atoms with van der Waals surface area (Å²) >= 11 is 0. The van der Waals surface area contributed by atoms with Gasteiger partial charge in [-0.1, -0.05) is 12.1 Å². The van der Waals surface area contributed by atoms with Crippen molar-refractivity contribution in [1.82, 2.24) is 0 Å². The molecule has 0 aliphatic rings. The second kappa shape index (κ2) is 10.4. The predicted octanol–water partition coefficient (Wildman–Crippen LogP) is 2.71. The lowest BCUT2D eigenvalue weighted by atomic mass is 9.79. The summed E-state index contributed by atoms with van der Waals surface area (Å²) < 4.78 is 35.7. The van der Waals surface area contributed by atoms with E-state index < -0.39 is 24.7 Å². The van der Waals surface area contributed by atoms with E-state index in [0.717, 1.165) is 6.07 Å². The first kappa shape index (κ1) is 22.9. The summed E-state index contributed by atoms with van der Waals surface area (Å²) in [6.07, 6.45) is 0. The number of carboxylic acid groups (broad SMARTS) is 1. The van der Waals surface area contributed by atoms with Crippen molar-refractivity contribution < 1.29 is 38.2 Å². The Labute approximate surface area is 172 Å². The molecule has 0 bridgehead atoms. The van der Waals surface area contributed by atoms with E-state index in [2.05, 4.69) is 0 Å². The third kappa shape index (κ3) is 5.79. The van der Waals surface area contributed by atoms with Crippen molar-refractivity contribution >= 4 is 18.6 Å². The van der Waals surface area contributed by atoms with Gasteiger partial charge in [0, 0.05) is 11.0 Å². The Morgan fingerprint density at radius 2 is 1.47 bits per heavy atom. The molecule has 0 aliphatic heterocycles. The maximum atomic E-state index is 13.3. The van der Waals surface area contributed by atoms with E-state index in [0.29, 0.717) is 16.9 Å². The Hall–Kier alpha value is -3.43. The van der Waals surface area contributed by atoms with Crippen molar-refractivity contribution in [3.8, 4) is 22.6 Å². The van der Waals surface area contributed by atoms with Crippen LogP contribution in [-0.4, -0.2) is 42.5 Å². The van der Waals surface area contributed by atoms with Gasteiger partial charge in [-0.15, -0.1) is 0 Å². The van der Waals surface area contributed by atoms with Gasteiger partial charge in [-0.25, -0.2) is 13.6 Å². The number of carbonyl (C=O) groups is 1. The number of rotatable bonds is 5. The molecule has 0 spiro atoms. The van der Waals surface area contributed by atoms with Crippen molar-refractivity contribution in [2.45, 2.75) is 0 Å². The van der Waals surface area contributed by atoms with Crippen LogP contribution in [0.15, 0.2) is 60.7 Å². The lowest BCUT2D eigenvalue weighted by Gasteiger charge is -2.09. The van der Waals surface area contributed by atoms with Gasteiger partial charge < -0.3 is 24.6 Å². The molecule has 30 heavy (non-hydrogen) atoms. The molecule has 0 saturated heterocycles. The molecular formula is C21H19BF2O6. The first-order chi connectivity index (χ1) is 14.3. The second-order valence-corrected chi connectivity index (χ2v) is 5.99. The van der Waals surface area contributed by atoms with E-state index in [9.17, 15) is 13.6 Å². The number of halogens is 2. The maximum absolute atomic E-state index is 13.3. The van der Waals surface area contributed by atoms with E-state index >= 15 is 0 Å². The van der Waals surface area contributed by atoms with Crippen LogP contribution in [0.3, 0.4) is 0 Å². The number of carboxylic acids is 1. The monoisotopic (exact) mass is 416 g/mol.